The Morgan fingerprint density at radius 2 is 1.97 bits per heavy atom. The second-order valence-corrected chi connectivity index (χ2v) is 8.81. The number of rotatable bonds is 9. The number of nitriles is 1. The molecule has 2 heterocycles. The number of anilines is 2. The normalized spacial score (nSPS) is 13.9. The molecule has 1 aromatic carbocycles. The lowest BCUT2D eigenvalue weighted by atomic mass is 9.99. The highest BCUT2D eigenvalue weighted by atomic mass is 16.2. The van der Waals surface area contributed by atoms with Gasteiger partial charge in [-0.05, 0) is 68.9 Å². The van der Waals surface area contributed by atoms with Crippen molar-refractivity contribution in [3.63, 3.8) is 0 Å². The molecule has 1 unspecified atom stereocenters. The van der Waals surface area contributed by atoms with Crippen molar-refractivity contribution in [1.82, 2.24) is 10.3 Å². The SMILES string of the molecule is CCCC(NC(=O)CCc1c(C)[nH]c(=O)c(C#N)c1C)C(=O)Nc1cccc(N2CCCC2)c1. The average molecular weight is 464 g/mol. The molecule has 0 bridgehead atoms. The molecule has 180 valence electrons. The molecule has 8 nitrogen and oxygen atoms in total. The van der Waals surface area contributed by atoms with Crippen molar-refractivity contribution in [3.05, 3.63) is 57.0 Å². The summed E-state index contributed by atoms with van der Waals surface area (Å²) < 4.78 is 0. The van der Waals surface area contributed by atoms with E-state index >= 15 is 0 Å². The number of hydrogen-bond acceptors (Lipinski definition) is 5. The highest BCUT2D eigenvalue weighted by Gasteiger charge is 2.21. The number of aromatic amines is 1. The van der Waals surface area contributed by atoms with Crippen LogP contribution in [0.1, 0.15) is 61.4 Å². The van der Waals surface area contributed by atoms with Gasteiger partial charge in [-0.1, -0.05) is 19.4 Å². The number of H-pyrrole nitrogens is 1. The fourth-order valence-corrected chi connectivity index (χ4v) is 4.47. The minimum absolute atomic E-state index is 0.0698. The number of amides is 2. The third kappa shape index (κ3) is 6.04. The van der Waals surface area contributed by atoms with E-state index in [1.807, 2.05) is 37.3 Å². The number of carbonyl (C=O) groups is 2. The van der Waals surface area contributed by atoms with Crippen LogP contribution in [0.3, 0.4) is 0 Å². The summed E-state index contributed by atoms with van der Waals surface area (Å²) in [5.41, 5.74) is 3.48. The molecule has 1 aliphatic heterocycles. The maximum absolute atomic E-state index is 13.0. The first kappa shape index (κ1) is 25.0. The molecule has 1 aliphatic rings. The van der Waals surface area contributed by atoms with Gasteiger partial charge in [-0.15, -0.1) is 0 Å². The van der Waals surface area contributed by atoms with Crippen LogP contribution in [0.5, 0.6) is 0 Å². The summed E-state index contributed by atoms with van der Waals surface area (Å²) in [4.78, 5) is 42.6. The van der Waals surface area contributed by atoms with E-state index in [0.29, 0.717) is 29.8 Å². The van der Waals surface area contributed by atoms with Gasteiger partial charge < -0.3 is 20.5 Å². The molecule has 1 saturated heterocycles. The molecule has 34 heavy (non-hydrogen) atoms. The van der Waals surface area contributed by atoms with Crippen LogP contribution < -0.4 is 21.1 Å². The van der Waals surface area contributed by atoms with Gasteiger partial charge in [0.05, 0.1) is 0 Å². The summed E-state index contributed by atoms with van der Waals surface area (Å²) in [6, 6.07) is 9.10. The van der Waals surface area contributed by atoms with Gasteiger partial charge in [0.15, 0.2) is 0 Å². The Labute approximate surface area is 200 Å². The third-order valence-electron chi connectivity index (χ3n) is 6.34. The van der Waals surface area contributed by atoms with Crippen molar-refractivity contribution >= 4 is 23.2 Å². The number of pyridine rings is 1. The van der Waals surface area contributed by atoms with Crippen LogP contribution in [0.25, 0.3) is 0 Å². The van der Waals surface area contributed by atoms with Gasteiger partial charge in [0.2, 0.25) is 11.8 Å². The van der Waals surface area contributed by atoms with Crippen LogP contribution in [0.2, 0.25) is 0 Å². The van der Waals surface area contributed by atoms with Crippen molar-refractivity contribution in [2.24, 2.45) is 0 Å². The number of benzene rings is 1. The number of hydrogen-bond donors (Lipinski definition) is 3. The minimum atomic E-state index is -0.639. The Hall–Kier alpha value is -3.60. The fourth-order valence-electron chi connectivity index (χ4n) is 4.47. The second kappa shape index (κ2) is 11.5. The average Bonchev–Trinajstić information content (AvgIpc) is 3.34. The van der Waals surface area contributed by atoms with Crippen LogP contribution in [-0.4, -0.2) is 35.9 Å². The van der Waals surface area contributed by atoms with E-state index in [0.717, 1.165) is 30.8 Å². The first-order chi connectivity index (χ1) is 16.3. The van der Waals surface area contributed by atoms with E-state index in [-0.39, 0.29) is 23.8 Å². The molecular formula is C26H33N5O3. The predicted octanol–water partition coefficient (Wildman–Crippen LogP) is 3.32. The van der Waals surface area contributed by atoms with Crippen LogP contribution in [0.15, 0.2) is 29.1 Å². The summed E-state index contributed by atoms with van der Waals surface area (Å²) in [6.45, 7) is 7.49. The van der Waals surface area contributed by atoms with Gasteiger partial charge in [-0.25, -0.2) is 0 Å². The van der Waals surface area contributed by atoms with Crippen LogP contribution in [0, 0.1) is 25.2 Å². The Bertz CT molecular complexity index is 1140. The van der Waals surface area contributed by atoms with E-state index in [4.69, 9.17) is 0 Å². The highest BCUT2D eigenvalue weighted by molar-refractivity contribution is 5.97. The van der Waals surface area contributed by atoms with Crippen LogP contribution >= 0.6 is 0 Å². The minimum Gasteiger partial charge on any atom is -0.371 e. The van der Waals surface area contributed by atoms with Crippen molar-refractivity contribution < 1.29 is 9.59 Å². The summed E-state index contributed by atoms with van der Waals surface area (Å²) in [5, 5.41) is 15.0. The monoisotopic (exact) mass is 463 g/mol. The van der Waals surface area contributed by atoms with Crippen molar-refractivity contribution in [1.29, 1.82) is 5.26 Å². The Morgan fingerprint density at radius 3 is 2.65 bits per heavy atom. The standard InChI is InChI=1S/C26H33N5O3/c1-4-8-23(26(34)29-19-9-7-10-20(15-19)31-13-5-6-14-31)30-24(32)12-11-21-17(2)22(16-27)25(33)28-18(21)3/h7,9-10,15,23H,4-6,8,11-14H2,1-3H3,(H,28,33)(H,29,34)(H,30,32). The Kier molecular flexibility index (Phi) is 8.47. The third-order valence-corrected chi connectivity index (χ3v) is 6.34. The molecule has 1 aromatic heterocycles. The largest absolute Gasteiger partial charge is 0.371 e. The van der Waals surface area contributed by atoms with E-state index < -0.39 is 11.6 Å². The molecule has 0 aliphatic carbocycles. The van der Waals surface area contributed by atoms with Gasteiger partial charge in [0, 0.05) is 36.6 Å². The molecule has 0 saturated carbocycles. The number of aromatic nitrogens is 1. The smallest absolute Gasteiger partial charge is 0.266 e. The second-order valence-electron chi connectivity index (χ2n) is 8.81. The molecule has 0 radical (unpaired) electrons. The van der Waals surface area contributed by atoms with E-state index in [1.165, 1.54) is 12.8 Å². The summed E-state index contributed by atoms with van der Waals surface area (Å²) >= 11 is 0. The van der Waals surface area contributed by atoms with Gasteiger partial charge in [-0.3, -0.25) is 14.4 Å². The molecular weight excluding hydrogens is 430 g/mol. The first-order valence-electron chi connectivity index (χ1n) is 11.9. The van der Waals surface area contributed by atoms with Gasteiger partial charge in [-0.2, -0.15) is 5.26 Å². The lowest BCUT2D eigenvalue weighted by molar-refractivity contribution is -0.126. The molecule has 8 heteroatoms. The Morgan fingerprint density at radius 1 is 1.24 bits per heavy atom. The fraction of sp³-hybridized carbons (Fsp3) is 0.462. The Balaban J connectivity index is 1.63. The molecule has 1 fully saturated rings. The van der Waals surface area contributed by atoms with Gasteiger partial charge in [0.25, 0.3) is 5.56 Å². The maximum atomic E-state index is 13.0. The predicted molar refractivity (Wildman–Crippen MR) is 133 cm³/mol. The molecule has 0 spiro atoms. The van der Waals surface area contributed by atoms with Crippen LogP contribution in [0.4, 0.5) is 11.4 Å². The highest BCUT2D eigenvalue weighted by Crippen LogP contribution is 2.23. The summed E-state index contributed by atoms with van der Waals surface area (Å²) in [5.74, 6) is -0.486. The zero-order valence-corrected chi connectivity index (χ0v) is 20.2. The zero-order chi connectivity index (χ0) is 24.7. The molecule has 1 atom stereocenters. The van der Waals surface area contributed by atoms with Crippen molar-refractivity contribution in [3.8, 4) is 6.07 Å². The molecule has 3 N–H and O–H groups in total. The maximum Gasteiger partial charge on any atom is 0.266 e. The lowest BCUT2D eigenvalue weighted by Gasteiger charge is -2.20. The molecule has 2 aromatic rings. The summed E-state index contributed by atoms with van der Waals surface area (Å²) in [6.07, 6.45) is 4.15. The van der Waals surface area contributed by atoms with E-state index in [2.05, 4.69) is 20.5 Å². The quantitative estimate of drug-likeness (QED) is 0.527. The number of aryl methyl sites for hydroxylation is 1. The van der Waals surface area contributed by atoms with Crippen LogP contribution in [-0.2, 0) is 16.0 Å². The van der Waals surface area contributed by atoms with E-state index in [9.17, 15) is 19.6 Å². The van der Waals surface area contributed by atoms with Crippen molar-refractivity contribution in [2.45, 2.75) is 65.3 Å². The summed E-state index contributed by atoms with van der Waals surface area (Å²) in [7, 11) is 0. The molecule has 3 rings (SSSR count). The lowest BCUT2D eigenvalue weighted by Crippen LogP contribution is -2.43. The topological polar surface area (TPSA) is 118 Å². The van der Waals surface area contributed by atoms with Gasteiger partial charge in [0.1, 0.15) is 17.7 Å². The molecule has 2 amide bonds. The zero-order valence-electron chi connectivity index (χ0n) is 20.2. The van der Waals surface area contributed by atoms with E-state index in [1.54, 1.807) is 13.8 Å². The number of carbonyl (C=O) groups excluding carboxylic acids is 2. The van der Waals surface area contributed by atoms with Crippen molar-refractivity contribution in [2.75, 3.05) is 23.3 Å². The number of nitrogens with one attached hydrogen (secondary N) is 3. The first-order valence-corrected chi connectivity index (χ1v) is 11.9. The number of nitrogens with zero attached hydrogens (tertiary/aromatic N) is 2. The van der Waals surface area contributed by atoms with Gasteiger partial charge >= 0.3 is 0 Å².